The minimum Gasteiger partial charge on any atom is -0.369 e. The average molecular weight is 155 g/mol. The molecule has 0 atom stereocenters. The van der Waals surface area contributed by atoms with E-state index in [1.54, 1.807) is 0 Å². The molecule has 0 aromatic heterocycles. The molecule has 1 saturated carbocycles. The lowest BCUT2D eigenvalue weighted by Crippen LogP contribution is -2.40. The number of hydrogen-bond donors (Lipinski definition) is 1. The molecular formula is C8H13NO2. The summed E-state index contributed by atoms with van der Waals surface area (Å²) in [7, 11) is 0. The fourth-order valence-corrected chi connectivity index (χ4v) is 1.61. The van der Waals surface area contributed by atoms with Crippen molar-refractivity contribution in [3.8, 4) is 0 Å². The number of carbonyl (C=O) groups excluding carboxylic acids is 2. The van der Waals surface area contributed by atoms with Crippen LogP contribution in [0, 0.1) is 5.41 Å². The van der Waals surface area contributed by atoms with Gasteiger partial charge in [0.05, 0.1) is 0 Å². The first kappa shape index (κ1) is 8.24. The van der Waals surface area contributed by atoms with Gasteiger partial charge in [0.1, 0.15) is 11.7 Å². The standard InChI is InChI=1S/C8H13NO2/c9-7(11)8(6-10)4-2-1-3-5-8/h6H,1-5H2,(H2,9,11). The molecule has 2 N–H and O–H groups in total. The number of rotatable bonds is 2. The summed E-state index contributed by atoms with van der Waals surface area (Å²) in [6.07, 6.45) is 5.03. The minimum absolute atomic E-state index is 0.452. The van der Waals surface area contributed by atoms with Gasteiger partial charge in [-0.15, -0.1) is 0 Å². The van der Waals surface area contributed by atoms with Crippen molar-refractivity contribution in [1.29, 1.82) is 0 Å². The Bertz CT molecular complexity index is 171. The molecule has 0 saturated heterocycles. The van der Waals surface area contributed by atoms with Gasteiger partial charge >= 0.3 is 0 Å². The molecule has 0 heterocycles. The smallest absolute Gasteiger partial charge is 0.230 e. The summed E-state index contributed by atoms with van der Waals surface area (Å²) < 4.78 is 0. The zero-order chi connectivity index (χ0) is 8.32. The summed E-state index contributed by atoms with van der Waals surface area (Å²) in [5, 5.41) is 0. The Labute approximate surface area is 66.0 Å². The molecule has 3 nitrogen and oxygen atoms in total. The number of carbonyl (C=O) groups is 2. The van der Waals surface area contributed by atoms with E-state index in [1.165, 1.54) is 0 Å². The lowest BCUT2D eigenvalue weighted by atomic mass is 9.75. The van der Waals surface area contributed by atoms with Crippen LogP contribution >= 0.6 is 0 Å². The van der Waals surface area contributed by atoms with Gasteiger partial charge in [-0.1, -0.05) is 19.3 Å². The van der Waals surface area contributed by atoms with Crippen LogP contribution < -0.4 is 5.73 Å². The SMILES string of the molecule is NC(=O)C1(C=O)CCCCC1. The van der Waals surface area contributed by atoms with Crippen LogP contribution in [0.25, 0.3) is 0 Å². The predicted molar refractivity (Wildman–Crippen MR) is 40.8 cm³/mol. The molecule has 11 heavy (non-hydrogen) atoms. The van der Waals surface area contributed by atoms with Crippen molar-refractivity contribution in [2.24, 2.45) is 11.1 Å². The lowest BCUT2D eigenvalue weighted by molar-refractivity contribution is -0.135. The molecule has 0 aromatic rings. The van der Waals surface area contributed by atoms with Crippen molar-refractivity contribution >= 4 is 12.2 Å². The fourth-order valence-electron chi connectivity index (χ4n) is 1.61. The molecule has 3 heteroatoms. The number of amides is 1. The highest BCUT2D eigenvalue weighted by Crippen LogP contribution is 2.33. The Balaban J connectivity index is 2.72. The molecule has 0 aromatic carbocycles. The summed E-state index contributed by atoms with van der Waals surface area (Å²) in [6.45, 7) is 0. The fraction of sp³-hybridized carbons (Fsp3) is 0.750. The Morgan fingerprint density at radius 3 is 2.09 bits per heavy atom. The van der Waals surface area contributed by atoms with Crippen LogP contribution in [0.15, 0.2) is 0 Å². The third kappa shape index (κ3) is 1.42. The normalized spacial score (nSPS) is 22.5. The zero-order valence-electron chi connectivity index (χ0n) is 6.51. The monoisotopic (exact) mass is 155 g/mol. The Morgan fingerprint density at radius 1 is 1.27 bits per heavy atom. The number of nitrogens with two attached hydrogens (primary N) is 1. The first-order chi connectivity index (χ1) is 5.21. The van der Waals surface area contributed by atoms with Crippen molar-refractivity contribution in [2.75, 3.05) is 0 Å². The molecule has 1 amide bonds. The summed E-state index contributed by atoms with van der Waals surface area (Å²) in [4.78, 5) is 21.5. The van der Waals surface area contributed by atoms with E-state index in [0.717, 1.165) is 25.5 Å². The minimum atomic E-state index is -0.821. The largest absolute Gasteiger partial charge is 0.369 e. The summed E-state index contributed by atoms with van der Waals surface area (Å²) in [6, 6.07) is 0. The van der Waals surface area contributed by atoms with Crippen molar-refractivity contribution < 1.29 is 9.59 Å². The summed E-state index contributed by atoms with van der Waals surface area (Å²) in [5.41, 5.74) is 4.32. The maximum Gasteiger partial charge on any atom is 0.230 e. The second-order valence-electron chi connectivity index (χ2n) is 3.20. The Morgan fingerprint density at radius 2 is 1.82 bits per heavy atom. The van der Waals surface area contributed by atoms with Crippen LogP contribution in [0.2, 0.25) is 0 Å². The van der Waals surface area contributed by atoms with E-state index < -0.39 is 11.3 Å². The second kappa shape index (κ2) is 3.03. The van der Waals surface area contributed by atoms with Gasteiger partial charge in [0.2, 0.25) is 5.91 Å². The van der Waals surface area contributed by atoms with E-state index >= 15 is 0 Å². The van der Waals surface area contributed by atoms with Crippen LogP contribution in [-0.2, 0) is 9.59 Å². The molecule has 0 unspecified atom stereocenters. The van der Waals surface area contributed by atoms with Crippen LogP contribution in [0.3, 0.4) is 0 Å². The van der Waals surface area contributed by atoms with Crippen LogP contribution in [0.4, 0.5) is 0 Å². The van der Waals surface area contributed by atoms with Gasteiger partial charge in [0.25, 0.3) is 0 Å². The van der Waals surface area contributed by atoms with Crippen molar-refractivity contribution in [2.45, 2.75) is 32.1 Å². The maximum absolute atomic E-state index is 10.9. The number of hydrogen-bond acceptors (Lipinski definition) is 2. The van der Waals surface area contributed by atoms with Gasteiger partial charge in [-0.3, -0.25) is 4.79 Å². The molecule has 0 radical (unpaired) electrons. The van der Waals surface area contributed by atoms with Gasteiger partial charge in [0, 0.05) is 0 Å². The highest BCUT2D eigenvalue weighted by molar-refractivity contribution is 5.95. The van der Waals surface area contributed by atoms with Crippen LogP contribution in [-0.4, -0.2) is 12.2 Å². The van der Waals surface area contributed by atoms with E-state index in [-0.39, 0.29) is 0 Å². The number of primary amides is 1. The van der Waals surface area contributed by atoms with Crippen molar-refractivity contribution in [3.05, 3.63) is 0 Å². The third-order valence-corrected chi connectivity index (χ3v) is 2.46. The van der Waals surface area contributed by atoms with Gasteiger partial charge in [-0.2, -0.15) is 0 Å². The first-order valence-corrected chi connectivity index (χ1v) is 3.97. The van der Waals surface area contributed by atoms with E-state index in [2.05, 4.69) is 0 Å². The molecule has 0 aliphatic heterocycles. The predicted octanol–water partition coefficient (Wildman–Crippen LogP) is 0.621. The number of aldehydes is 1. The van der Waals surface area contributed by atoms with E-state index in [1.807, 2.05) is 0 Å². The molecule has 1 aliphatic rings. The highest BCUT2D eigenvalue weighted by atomic mass is 16.2. The average Bonchev–Trinajstić information content (AvgIpc) is 2.05. The Hall–Kier alpha value is -0.860. The first-order valence-electron chi connectivity index (χ1n) is 3.97. The topological polar surface area (TPSA) is 60.2 Å². The van der Waals surface area contributed by atoms with Crippen molar-refractivity contribution in [3.63, 3.8) is 0 Å². The van der Waals surface area contributed by atoms with Gasteiger partial charge < -0.3 is 10.5 Å². The van der Waals surface area contributed by atoms with E-state index in [9.17, 15) is 9.59 Å². The molecule has 1 fully saturated rings. The molecular weight excluding hydrogens is 142 g/mol. The van der Waals surface area contributed by atoms with E-state index in [4.69, 9.17) is 5.73 Å². The summed E-state index contributed by atoms with van der Waals surface area (Å²) in [5.74, 6) is -0.452. The van der Waals surface area contributed by atoms with Crippen molar-refractivity contribution in [1.82, 2.24) is 0 Å². The highest BCUT2D eigenvalue weighted by Gasteiger charge is 2.37. The van der Waals surface area contributed by atoms with Gasteiger partial charge in [0.15, 0.2) is 0 Å². The van der Waals surface area contributed by atoms with Crippen LogP contribution in [0.5, 0.6) is 0 Å². The molecule has 1 aliphatic carbocycles. The quantitative estimate of drug-likeness (QED) is 0.469. The molecule has 62 valence electrons. The lowest BCUT2D eigenvalue weighted by Gasteiger charge is -2.28. The molecule has 1 rings (SSSR count). The second-order valence-corrected chi connectivity index (χ2v) is 3.20. The van der Waals surface area contributed by atoms with E-state index in [0.29, 0.717) is 12.8 Å². The third-order valence-electron chi connectivity index (χ3n) is 2.46. The zero-order valence-corrected chi connectivity index (χ0v) is 6.51. The summed E-state index contributed by atoms with van der Waals surface area (Å²) >= 11 is 0. The molecule has 0 bridgehead atoms. The van der Waals surface area contributed by atoms with Gasteiger partial charge in [-0.05, 0) is 12.8 Å². The van der Waals surface area contributed by atoms with Gasteiger partial charge in [-0.25, -0.2) is 0 Å². The molecule has 0 spiro atoms. The maximum atomic E-state index is 10.9. The Kier molecular flexibility index (Phi) is 2.27. The van der Waals surface area contributed by atoms with Crippen LogP contribution in [0.1, 0.15) is 32.1 Å².